The summed E-state index contributed by atoms with van der Waals surface area (Å²) in [6.07, 6.45) is -0.796. The molecule has 1 heterocycles. The molecule has 1 rings (SSSR count). The number of carbonyl (C=O) groups is 1. The first-order valence-corrected chi connectivity index (χ1v) is 4.33. The summed E-state index contributed by atoms with van der Waals surface area (Å²) in [5.74, 6) is 0.383. The van der Waals surface area contributed by atoms with Gasteiger partial charge in [0, 0.05) is 25.7 Å². The van der Waals surface area contributed by atoms with Crippen molar-refractivity contribution in [1.82, 2.24) is 10.2 Å². The Morgan fingerprint density at radius 1 is 1.67 bits per heavy atom. The van der Waals surface area contributed by atoms with Gasteiger partial charge in [-0.25, -0.2) is 4.79 Å². The van der Waals surface area contributed by atoms with E-state index < -0.39 is 6.09 Å². The zero-order chi connectivity index (χ0) is 9.14. The molecule has 0 radical (unpaired) electrons. The molecule has 0 bridgehead atoms. The predicted molar refractivity (Wildman–Crippen MR) is 46.2 cm³/mol. The quantitative estimate of drug-likeness (QED) is 0.608. The summed E-state index contributed by atoms with van der Waals surface area (Å²) in [5.41, 5.74) is 0. The Labute approximate surface area is 72.6 Å². The lowest BCUT2D eigenvalue weighted by atomic mass is 10.0. The van der Waals surface area contributed by atoms with E-state index in [9.17, 15) is 4.79 Å². The van der Waals surface area contributed by atoms with Crippen LogP contribution in [0.25, 0.3) is 0 Å². The van der Waals surface area contributed by atoms with Crippen molar-refractivity contribution in [3.8, 4) is 0 Å². The van der Waals surface area contributed by atoms with Crippen molar-refractivity contribution in [2.75, 3.05) is 19.6 Å². The van der Waals surface area contributed by atoms with Crippen LogP contribution in [0.15, 0.2) is 0 Å². The van der Waals surface area contributed by atoms with Crippen LogP contribution in [0.1, 0.15) is 13.8 Å². The minimum Gasteiger partial charge on any atom is -0.465 e. The lowest BCUT2D eigenvalue weighted by molar-refractivity contribution is 0.0961. The number of hydrogen-bond acceptors (Lipinski definition) is 2. The SMILES string of the molecule is CC(C)C1CNCCN1C(=O)O. The molecule has 1 aliphatic heterocycles. The molecule has 0 spiro atoms. The van der Waals surface area contributed by atoms with Gasteiger partial charge in [-0.1, -0.05) is 13.8 Å². The largest absolute Gasteiger partial charge is 0.465 e. The van der Waals surface area contributed by atoms with Crippen molar-refractivity contribution >= 4 is 6.09 Å². The van der Waals surface area contributed by atoms with Crippen LogP contribution in [0.3, 0.4) is 0 Å². The zero-order valence-corrected chi connectivity index (χ0v) is 7.58. The van der Waals surface area contributed by atoms with Crippen molar-refractivity contribution in [2.24, 2.45) is 5.92 Å². The molecule has 1 atom stereocenters. The number of nitrogens with zero attached hydrogens (tertiary/aromatic N) is 1. The predicted octanol–water partition coefficient (Wildman–Crippen LogP) is 0.594. The number of nitrogens with one attached hydrogen (secondary N) is 1. The molecule has 70 valence electrons. The summed E-state index contributed by atoms with van der Waals surface area (Å²) in [5, 5.41) is 12.1. The highest BCUT2D eigenvalue weighted by Gasteiger charge is 2.27. The summed E-state index contributed by atoms with van der Waals surface area (Å²) in [7, 11) is 0. The average molecular weight is 172 g/mol. The molecule has 1 fully saturated rings. The molecule has 0 aromatic rings. The van der Waals surface area contributed by atoms with E-state index in [1.165, 1.54) is 4.90 Å². The van der Waals surface area contributed by atoms with Gasteiger partial charge in [0.25, 0.3) is 0 Å². The van der Waals surface area contributed by atoms with Crippen LogP contribution in [-0.4, -0.2) is 41.8 Å². The number of amides is 1. The molecule has 0 aromatic heterocycles. The van der Waals surface area contributed by atoms with Gasteiger partial charge in [0.1, 0.15) is 0 Å². The normalized spacial score (nSPS) is 24.6. The Bertz CT molecular complexity index is 170. The van der Waals surface area contributed by atoms with Crippen molar-refractivity contribution < 1.29 is 9.90 Å². The topological polar surface area (TPSA) is 52.6 Å². The van der Waals surface area contributed by atoms with E-state index in [0.717, 1.165) is 13.1 Å². The van der Waals surface area contributed by atoms with E-state index in [4.69, 9.17) is 5.11 Å². The molecule has 12 heavy (non-hydrogen) atoms. The van der Waals surface area contributed by atoms with Crippen LogP contribution in [-0.2, 0) is 0 Å². The van der Waals surface area contributed by atoms with Crippen LogP contribution in [0.4, 0.5) is 4.79 Å². The third-order valence-corrected chi connectivity index (χ3v) is 2.30. The van der Waals surface area contributed by atoms with Crippen molar-refractivity contribution in [3.63, 3.8) is 0 Å². The van der Waals surface area contributed by atoms with Crippen molar-refractivity contribution in [2.45, 2.75) is 19.9 Å². The first-order chi connectivity index (χ1) is 5.63. The van der Waals surface area contributed by atoms with Gasteiger partial charge < -0.3 is 15.3 Å². The molecule has 0 aliphatic carbocycles. The Balaban J connectivity index is 2.60. The summed E-state index contributed by atoms with van der Waals surface area (Å²) < 4.78 is 0. The molecule has 0 aromatic carbocycles. The molecular weight excluding hydrogens is 156 g/mol. The monoisotopic (exact) mass is 172 g/mol. The summed E-state index contributed by atoms with van der Waals surface area (Å²) >= 11 is 0. The number of rotatable bonds is 1. The Morgan fingerprint density at radius 2 is 2.33 bits per heavy atom. The highest BCUT2D eigenvalue weighted by molar-refractivity contribution is 5.65. The number of hydrogen-bond donors (Lipinski definition) is 2. The fourth-order valence-electron chi connectivity index (χ4n) is 1.56. The van der Waals surface area contributed by atoms with Crippen molar-refractivity contribution in [3.05, 3.63) is 0 Å². The average Bonchev–Trinajstić information content (AvgIpc) is 2.04. The van der Waals surface area contributed by atoms with Gasteiger partial charge in [-0.15, -0.1) is 0 Å². The second-order valence-electron chi connectivity index (χ2n) is 3.49. The minimum absolute atomic E-state index is 0.135. The maximum absolute atomic E-state index is 10.8. The highest BCUT2D eigenvalue weighted by atomic mass is 16.4. The second-order valence-corrected chi connectivity index (χ2v) is 3.49. The van der Waals surface area contributed by atoms with Gasteiger partial charge in [0.15, 0.2) is 0 Å². The van der Waals surface area contributed by atoms with E-state index in [0.29, 0.717) is 12.5 Å². The molecule has 1 unspecified atom stereocenters. The van der Waals surface area contributed by atoms with Crippen LogP contribution in [0.5, 0.6) is 0 Å². The van der Waals surface area contributed by atoms with Gasteiger partial charge >= 0.3 is 6.09 Å². The van der Waals surface area contributed by atoms with Gasteiger partial charge in [0.2, 0.25) is 0 Å². The van der Waals surface area contributed by atoms with E-state index in [2.05, 4.69) is 5.32 Å². The second kappa shape index (κ2) is 3.76. The van der Waals surface area contributed by atoms with Gasteiger partial charge in [0.05, 0.1) is 0 Å². The third kappa shape index (κ3) is 1.88. The van der Waals surface area contributed by atoms with E-state index in [-0.39, 0.29) is 6.04 Å². The van der Waals surface area contributed by atoms with Crippen LogP contribution in [0, 0.1) is 5.92 Å². The van der Waals surface area contributed by atoms with E-state index in [1.807, 2.05) is 13.8 Å². The van der Waals surface area contributed by atoms with Gasteiger partial charge in [-0.05, 0) is 5.92 Å². The Hall–Kier alpha value is -0.770. The first-order valence-electron chi connectivity index (χ1n) is 4.33. The molecule has 0 saturated carbocycles. The molecule has 1 amide bonds. The number of carboxylic acid groups (broad SMARTS) is 1. The Kier molecular flexibility index (Phi) is 2.92. The van der Waals surface area contributed by atoms with Gasteiger partial charge in [-0.3, -0.25) is 0 Å². The first kappa shape index (κ1) is 9.32. The maximum atomic E-state index is 10.8. The lowest BCUT2D eigenvalue weighted by Gasteiger charge is -2.36. The minimum atomic E-state index is -0.796. The summed E-state index contributed by atoms with van der Waals surface area (Å²) in [4.78, 5) is 12.3. The fourth-order valence-corrected chi connectivity index (χ4v) is 1.56. The molecule has 1 aliphatic rings. The highest BCUT2D eigenvalue weighted by Crippen LogP contribution is 2.12. The lowest BCUT2D eigenvalue weighted by Crippen LogP contribution is -2.55. The van der Waals surface area contributed by atoms with Crippen LogP contribution in [0.2, 0.25) is 0 Å². The zero-order valence-electron chi connectivity index (χ0n) is 7.58. The van der Waals surface area contributed by atoms with Crippen molar-refractivity contribution in [1.29, 1.82) is 0 Å². The van der Waals surface area contributed by atoms with E-state index >= 15 is 0 Å². The third-order valence-electron chi connectivity index (χ3n) is 2.30. The maximum Gasteiger partial charge on any atom is 0.407 e. The summed E-state index contributed by atoms with van der Waals surface area (Å²) in [6, 6.07) is 0.135. The van der Waals surface area contributed by atoms with Crippen LogP contribution >= 0.6 is 0 Å². The van der Waals surface area contributed by atoms with Gasteiger partial charge in [-0.2, -0.15) is 0 Å². The fraction of sp³-hybridized carbons (Fsp3) is 0.875. The standard InChI is InChI=1S/C8H16N2O2/c1-6(2)7-5-9-3-4-10(7)8(11)12/h6-7,9H,3-5H2,1-2H3,(H,11,12). The Morgan fingerprint density at radius 3 is 2.75 bits per heavy atom. The smallest absolute Gasteiger partial charge is 0.407 e. The molecule has 1 saturated heterocycles. The summed E-state index contributed by atoms with van der Waals surface area (Å²) in [6.45, 7) is 6.26. The van der Waals surface area contributed by atoms with Crippen LogP contribution < -0.4 is 5.32 Å². The molecule has 4 nitrogen and oxygen atoms in total. The molecule has 4 heteroatoms. The molecular formula is C8H16N2O2. The molecule has 2 N–H and O–H groups in total. The number of piperazine rings is 1. The van der Waals surface area contributed by atoms with E-state index in [1.54, 1.807) is 0 Å².